The van der Waals surface area contributed by atoms with Crippen LogP contribution in [0.4, 0.5) is 8.78 Å². The number of halogens is 3. The molecule has 130 valence electrons. The molecule has 0 aliphatic carbocycles. The second-order valence-corrected chi connectivity index (χ2v) is 5.97. The van der Waals surface area contributed by atoms with Gasteiger partial charge in [-0.15, -0.1) is 12.4 Å². The summed E-state index contributed by atoms with van der Waals surface area (Å²) >= 11 is 0. The predicted octanol–water partition coefficient (Wildman–Crippen LogP) is 1.95. The van der Waals surface area contributed by atoms with Crippen LogP contribution >= 0.6 is 12.4 Å². The highest BCUT2D eigenvalue weighted by atomic mass is 35.5. The Bertz CT molecular complexity index is 691. The minimum atomic E-state index is -0.585. The first-order chi connectivity index (χ1) is 11.2. The molecule has 0 radical (unpaired) electrons. The number of nitrogens with zero attached hydrogens (tertiary/aromatic N) is 2. The van der Waals surface area contributed by atoms with E-state index in [1.54, 1.807) is 6.20 Å². The lowest BCUT2D eigenvalue weighted by Gasteiger charge is -2.36. The number of aromatic nitrogens is 2. The van der Waals surface area contributed by atoms with Gasteiger partial charge < -0.3 is 10.1 Å². The van der Waals surface area contributed by atoms with Crippen LogP contribution in [0.2, 0.25) is 0 Å². The van der Waals surface area contributed by atoms with Crippen molar-refractivity contribution in [2.45, 2.75) is 18.7 Å². The molecule has 2 fully saturated rings. The second-order valence-electron chi connectivity index (χ2n) is 5.97. The minimum absolute atomic E-state index is 0. The Kier molecular flexibility index (Phi) is 5.15. The van der Waals surface area contributed by atoms with Crippen LogP contribution in [0.15, 0.2) is 24.4 Å². The molecule has 2 aliphatic heterocycles. The third-order valence-corrected chi connectivity index (χ3v) is 4.61. The van der Waals surface area contributed by atoms with E-state index in [9.17, 15) is 8.78 Å². The summed E-state index contributed by atoms with van der Waals surface area (Å²) in [6, 6.07) is 4.17. The monoisotopic (exact) mass is 356 g/mol. The van der Waals surface area contributed by atoms with E-state index < -0.39 is 11.6 Å². The van der Waals surface area contributed by atoms with Gasteiger partial charge >= 0.3 is 0 Å². The van der Waals surface area contributed by atoms with Crippen molar-refractivity contribution in [3.05, 3.63) is 41.6 Å². The lowest BCUT2D eigenvalue weighted by atomic mass is 10.0. The van der Waals surface area contributed by atoms with E-state index >= 15 is 0 Å². The number of morpholine rings is 1. The van der Waals surface area contributed by atoms with Gasteiger partial charge in [0.05, 0.1) is 30.2 Å². The van der Waals surface area contributed by atoms with Crippen molar-refractivity contribution in [2.24, 2.45) is 0 Å². The molecule has 0 unspecified atom stereocenters. The molecule has 1 aromatic heterocycles. The Morgan fingerprint density at radius 2 is 2.04 bits per heavy atom. The highest BCUT2D eigenvalue weighted by molar-refractivity contribution is 5.85. The minimum Gasteiger partial charge on any atom is -0.374 e. The quantitative estimate of drug-likeness (QED) is 0.882. The van der Waals surface area contributed by atoms with Crippen molar-refractivity contribution in [1.29, 1.82) is 0 Å². The molecular formula is C16H19ClF2N4O. The van der Waals surface area contributed by atoms with Crippen LogP contribution < -0.4 is 5.32 Å². The number of fused-ring (bicyclic) bond motifs is 1. The highest BCUT2D eigenvalue weighted by Crippen LogP contribution is 2.29. The molecule has 1 aromatic carbocycles. The molecule has 0 spiro atoms. The zero-order valence-electron chi connectivity index (χ0n) is 13.0. The fourth-order valence-corrected chi connectivity index (χ4v) is 3.46. The van der Waals surface area contributed by atoms with Crippen LogP contribution in [0, 0.1) is 11.6 Å². The number of ether oxygens (including phenoxy) is 1. The molecule has 4 rings (SSSR count). The molecule has 0 amide bonds. The summed E-state index contributed by atoms with van der Waals surface area (Å²) in [5.74, 6) is -1.17. The van der Waals surface area contributed by atoms with Crippen LogP contribution in [0.1, 0.15) is 5.56 Å². The van der Waals surface area contributed by atoms with Gasteiger partial charge in [-0.25, -0.2) is 8.78 Å². The van der Waals surface area contributed by atoms with Crippen molar-refractivity contribution in [3.8, 4) is 11.3 Å². The first kappa shape index (κ1) is 17.3. The number of nitrogens with one attached hydrogen (secondary N) is 2. The van der Waals surface area contributed by atoms with Crippen molar-refractivity contribution in [1.82, 2.24) is 20.4 Å². The van der Waals surface area contributed by atoms with Gasteiger partial charge in [0.25, 0.3) is 0 Å². The van der Waals surface area contributed by atoms with Crippen LogP contribution in [0.3, 0.4) is 0 Å². The first-order valence-corrected chi connectivity index (χ1v) is 7.77. The van der Waals surface area contributed by atoms with E-state index in [0.717, 1.165) is 25.2 Å². The van der Waals surface area contributed by atoms with E-state index in [1.165, 1.54) is 18.2 Å². The van der Waals surface area contributed by atoms with Gasteiger partial charge in [0.1, 0.15) is 11.6 Å². The first-order valence-electron chi connectivity index (χ1n) is 7.77. The number of aromatic amines is 1. The number of hydrogen-bond donors (Lipinski definition) is 2. The Morgan fingerprint density at radius 3 is 2.83 bits per heavy atom. The van der Waals surface area contributed by atoms with Gasteiger partial charge in [0.2, 0.25) is 0 Å². The van der Waals surface area contributed by atoms with Crippen molar-refractivity contribution in [3.63, 3.8) is 0 Å². The summed E-state index contributed by atoms with van der Waals surface area (Å²) in [5.41, 5.74) is 1.16. The fraction of sp³-hybridized carbons (Fsp3) is 0.438. The molecule has 2 atom stereocenters. The van der Waals surface area contributed by atoms with Crippen LogP contribution in [0.5, 0.6) is 0 Å². The molecule has 0 saturated carbocycles. The normalized spacial score (nSPS) is 23.8. The van der Waals surface area contributed by atoms with Gasteiger partial charge in [-0.1, -0.05) is 6.07 Å². The van der Waals surface area contributed by atoms with Gasteiger partial charge in [0, 0.05) is 37.8 Å². The third kappa shape index (κ3) is 3.04. The molecule has 8 heteroatoms. The fourth-order valence-electron chi connectivity index (χ4n) is 3.46. The van der Waals surface area contributed by atoms with E-state index in [2.05, 4.69) is 20.4 Å². The Labute approximate surface area is 144 Å². The maximum Gasteiger partial charge on any atom is 0.135 e. The zero-order chi connectivity index (χ0) is 15.8. The molecule has 2 aliphatic rings. The van der Waals surface area contributed by atoms with Crippen LogP contribution in [-0.2, 0) is 11.3 Å². The van der Waals surface area contributed by atoms with Crippen LogP contribution in [-0.4, -0.2) is 53.5 Å². The van der Waals surface area contributed by atoms with Gasteiger partial charge in [-0.05, 0) is 12.1 Å². The molecule has 2 N–H and O–H groups in total. The Balaban J connectivity index is 0.00000169. The Morgan fingerprint density at radius 1 is 1.25 bits per heavy atom. The summed E-state index contributed by atoms with van der Waals surface area (Å²) in [5, 5.41) is 10.1. The average molecular weight is 357 g/mol. The molecule has 3 heterocycles. The van der Waals surface area contributed by atoms with Crippen LogP contribution in [0.25, 0.3) is 11.3 Å². The number of hydrogen-bond acceptors (Lipinski definition) is 4. The molecule has 24 heavy (non-hydrogen) atoms. The Hall–Kier alpha value is -1.54. The van der Waals surface area contributed by atoms with Crippen molar-refractivity contribution in [2.75, 3.05) is 26.2 Å². The number of H-pyrrole nitrogens is 1. The SMILES string of the molecule is Cl.Fc1cccc(F)c1-c1[nH]ncc1CN1CCO[C@H]2CNC[C@H]21. The lowest BCUT2D eigenvalue weighted by molar-refractivity contribution is -0.0499. The van der Waals surface area contributed by atoms with Gasteiger partial charge in [-0.3, -0.25) is 10.00 Å². The standard InChI is InChI=1S/C16H18F2N4O.ClH/c17-11-2-1-3-12(18)15(11)16-10(6-20-21-16)9-22-4-5-23-14-8-19-7-13(14)22;/h1-3,6,13-14,19H,4-5,7-9H2,(H,20,21);1H/t13-,14+;/m1./s1. The largest absolute Gasteiger partial charge is 0.374 e. The summed E-state index contributed by atoms with van der Waals surface area (Å²) in [4.78, 5) is 2.29. The van der Waals surface area contributed by atoms with Crippen molar-refractivity contribution >= 4 is 12.4 Å². The molecule has 2 saturated heterocycles. The maximum absolute atomic E-state index is 14.1. The van der Waals surface area contributed by atoms with E-state index in [4.69, 9.17) is 4.74 Å². The van der Waals surface area contributed by atoms with E-state index in [0.29, 0.717) is 18.8 Å². The molecule has 5 nitrogen and oxygen atoms in total. The predicted molar refractivity (Wildman–Crippen MR) is 88.0 cm³/mol. The summed E-state index contributed by atoms with van der Waals surface area (Å²) in [6.45, 7) is 3.77. The zero-order valence-corrected chi connectivity index (χ0v) is 13.8. The van der Waals surface area contributed by atoms with Gasteiger partial charge in [-0.2, -0.15) is 5.10 Å². The number of rotatable bonds is 3. The van der Waals surface area contributed by atoms with E-state index in [-0.39, 0.29) is 30.1 Å². The summed E-state index contributed by atoms with van der Waals surface area (Å²) in [7, 11) is 0. The third-order valence-electron chi connectivity index (χ3n) is 4.61. The molecular weight excluding hydrogens is 338 g/mol. The summed E-state index contributed by atoms with van der Waals surface area (Å²) in [6.07, 6.45) is 1.83. The molecule has 2 aromatic rings. The van der Waals surface area contributed by atoms with E-state index in [1.807, 2.05) is 0 Å². The van der Waals surface area contributed by atoms with Gasteiger partial charge in [0.15, 0.2) is 0 Å². The lowest BCUT2D eigenvalue weighted by Crippen LogP contribution is -2.50. The highest BCUT2D eigenvalue weighted by Gasteiger charge is 2.36. The van der Waals surface area contributed by atoms with Crippen molar-refractivity contribution < 1.29 is 13.5 Å². The maximum atomic E-state index is 14.1. The molecule has 0 bridgehead atoms. The smallest absolute Gasteiger partial charge is 0.135 e. The average Bonchev–Trinajstić information content (AvgIpc) is 3.17. The topological polar surface area (TPSA) is 53.2 Å². The number of benzene rings is 1. The summed E-state index contributed by atoms with van der Waals surface area (Å²) < 4.78 is 33.9. The second kappa shape index (κ2) is 7.14.